The molecule has 4 rings (SSSR count). The zero-order valence-electron chi connectivity index (χ0n) is 20.6. The predicted molar refractivity (Wildman–Crippen MR) is 133 cm³/mol. The van der Waals surface area contributed by atoms with Gasteiger partial charge in [-0.1, -0.05) is 35.9 Å². The molecule has 2 aromatic carbocycles. The number of amides is 2. The molecule has 0 unspecified atom stereocenters. The van der Waals surface area contributed by atoms with Crippen LogP contribution in [0.4, 0.5) is 0 Å². The van der Waals surface area contributed by atoms with Gasteiger partial charge in [0, 0.05) is 64.5 Å². The van der Waals surface area contributed by atoms with E-state index in [1.165, 1.54) is 11.1 Å². The van der Waals surface area contributed by atoms with Gasteiger partial charge < -0.3 is 14.5 Å². The first kappa shape index (κ1) is 24.2. The molecule has 2 aromatic rings. The second-order valence-electron chi connectivity index (χ2n) is 9.40. The molecule has 0 atom stereocenters. The van der Waals surface area contributed by atoms with E-state index in [9.17, 15) is 9.59 Å². The van der Waals surface area contributed by atoms with E-state index in [4.69, 9.17) is 4.74 Å². The Morgan fingerprint density at radius 3 is 2.18 bits per heavy atom. The molecule has 2 amide bonds. The maximum atomic E-state index is 12.9. The van der Waals surface area contributed by atoms with Crippen LogP contribution in [0.5, 0.6) is 5.75 Å². The fourth-order valence-electron chi connectivity index (χ4n) is 4.76. The van der Waals surface area contributed by atoms with E-state index in [2.05, 4.69) is 41.0 Å². The van der Waals surface area contributed by atoms with E-state index in [1.54, 1.807) is 7.11 Å². The molecule has 2 aliphatic rings. The van der Waals surface area contributed by atoms with Crippen LogP contribution in [0.25, 0.3) is 0 Å². The Bertz CT molecular complexity index is 1010. The van der Waals surface area contributed by atoms with Gasteiger partial charge >= 0.3 is 0 Å². The fourth-order valence-corrected chi connectivity index (χ4v) is 4.76. The molecule has 7 heteroatoms. The number of hydrogen-bond acceptors (Lipinski definition) is 5. The average Bonchev–Trinajstić information content (AvgIpc) is 2.85. The van der Waals surface area contributed by atoms with Crippen LogP contribution in [-0.2, 0) is 11.3 Å². The number of aryl methyl sites for hydroxylation is 2. The van der Waals surface area contributed by atoms with Gasteiger partial charge in [-0.3, -0.25) is 19.4 Å². The van der Waals surface area contributed by atoms with Crippen LogP contribution in [0.1, 0.15) is 27.0 Å². The number of benzene rings is 2. The summed E-state index contributed by atoms with van der Waals surface area (Å²) in [6.07, 6.45) is 0. The van der Waals surface area contributed by atoms with Crippen molar-refractivity contribution in [2.24, 2.45) is 0 Å². The number of ether oxygens (including phenoxy) is 1. The number of carbonyl (C=O) groups excluding carboxylic acids is 2. The number of piperazine rings is 2. The molecular weight excluding hydrogens is 428 g/mol. The number of rotatable bonds is 6. The van der Waals surface area contributed by atoms with Crippen LogP contribution >= 0.6 is 0 Å². The lowest BCUT2D eigenvalue weighted by Gasteiger charge is -2.38. The molecule has 0 radical (unpaired) electrons. The fraction of sp³-hybridized carbons (Fsp3) is 0.481. The van der Waals surface area contributed by atoms with Crippen molar-refractivity contribution in [1.82, 2.24) is 19.6 Å². The summed E-state index contributed by atoms with van der Waals surface area (Å²) in [6.45, 7) is 11.5. The highest BCUT2D eigenvalue weighted by Crippen LogP contribution is 2.20. The van der Waals surface area contributed by atoms with Crippen molar-refractivity contribution < 1.29 is 14.3 Å². The van der Waals surface area contributed by atoms with Gasteiger partial charge in [0.1, 0.15) is 5.75 Å². The van der Waals surface area contributed by atoms with Gasteiger partial charge in [0.15, 0.2) is 0 Å². The summed E-state index contributed by atoms with van der Waals surface area (Å²) >= 11 is 0. The molecule has 0 aromatic heterocycles. The van der Waals surface area contributed by atoms with E-state index in [0.29, 0.717) is 38.3 Å². The van der Waals surface area contributed by atoms with Gasteiger partial charge in [-0.2, -0.15) is 0 Å². The molecular formula is C27H36N4O3. The third-order valence-corrected chi connectivity index (χ3v) is 6.89. The topological polar surface area (TPSA) is 56.3 Å². The summed E-state index contributed by atoms with van der Waals surface area (Å²) in [6, 6.07) is 14.2. The first-order valence-electron chi connectivity index (χ1n) is 12.1. The Labute approximate surface area is 202 Å². The molecule has 0 bridgehead atoms. The quantitative estimate of drug-likeness (QED) is 0.657. The van der Waals surface area contributed by atoms with E-state index in [-0.39, 0.29) is 11.8 Å². The Morgan fingerprint density at radius 2 is 1.50 bits per heavy atom. The molecule has 182 valence electrons. The number of hydrogen-bond donors (Lipinski definition) is 0. The smallest absolute Gasteiger partial charge is 0.254 e. The lowest BCUT2D eigenvalue weighted by Crippen LogP contribution is -2.54. The summed E-state index contributed by atoms with van der Waals surface area (Å²) in [5, 5.41) is 0. The van der Waals surface area contributed by atoms with Crippen molar-refractivity contribution in [2.75, 3.05) is 66.0 Å². The van der Waals surface area contributed by atoms with Crippen molar-refractivity contribution in [3.8, 4) is 5.75 Å². The number of nitrogens with zero attached hydrogens (tertiary/aromatic N) is 4. The van der Waals surface area contributed by atoms with Gasteiger partial charge in [0.05, 0.1) is 13.7 Å². The minimum absolute atomic E-state index is 0.0222. The third-order valence-electron chi connectivity index (χ3n) is 6.89. The normalized spacial score (nSPS) is 17.6. The SMILES string of the molecule is COc1cc(C(=O)N2CCN(CC(=O)N3CCN(Cc4cccc(C)c4)CC3)CC2)ccc1C. The summed E-state index contributed by atoms with van der Waals surface area (Å²) in [4.78, 5) is 34.2. The lowest BCUT2D eigenvalue weighted by molar-refractivity contribution is -0.134. The molecule has 34 heavy (non-hydrogen) atoms. The van der Waals surface area contributed by atoms with Crippen molar-refractivity contribution in [2.45, 2.75) is 20.4 Å². The van der Waals surface area contributed by atoms with Crippen LogP contribution in [-0.4, -0.2) is 97.4 Å². The van der Waals surface area contributed by atoms with Crippen LogP contribution in [0, 0.1) is 13.8 Å². The standard InChI is InChI=1S/C27H36N4O3/c1-21-5-4-6-23(17-21)19-28-9-13-30(14-10-28)26(32)20-29-11-15-31(16-12-29)27(33)24-8-7-22(2)25(18-24)34-3/h4-8,17-18H,9-16,19-20H2,1-3H3. The molecule has 0 spiro atoms. The molecule has 2 saturated heterocycles. The molecule has 2 aliphatic heterocycles. The van der Waals surface area contributed by atoms with E-state index in [1.807, 2.05) is 34.9 Å². The first-order chi connectivity index (χ1) is 16.4. The summed E-state index contributed by atoms with van der Waals surface area (Å²) < 4.78 is 5.36. The van der Waals surface area contributed by atoms with Crippen molar-refractivity contribution in [3.63, 3.8) is 0 Å². The van der Waals surface area contributed by atoms with Gasteiger partial charge in [-0.05, 0) is 37.1 Å². The molecule has 7 nitrogen and oxygen atoms in total. The summed E-state index contributed by atoms with van der Waals surface area (Å²) in [5.41, 5.74) is 4.27. The third kappa shape index (κ3) is 5.96. The zero-order valence-corrected chi connectivity index (χ0v) is 20.6. The van der Waals surface area contributed by atoms with Gasteiger partial charge in [0.25, 0.3) is 5.91 Å². The number of methoxy groups -OCH3 is 1. The Kier molecular flexibility index (Phi) is 7.85. The van der Waals surface area contributed by atoms with Crippen LogP contribution in [0.15, 0.2) is 42.5 Å². The minimum Gasteiger partial charge on any atom is -0.496 e. The van der Waals surface area contributed by atoms with E-state index >= 15 is 0 Å². The van der Waals surface area contributed by atoms with Gasteiger partial charge in [-0.15, -0.1) is 0 Å². The van der Waals surface area contributed by atoms with Gasteiger partial charge in [0.2, 0.25) is 5.91 Å². The molecule has 0 aliphatic carbocycles. The van der Waals surface area contributed by atoms with E-state index in [0.717, 1.165) is 44.0 Å². The lowest BCUT2D eigenvalue weighted by atomic mass is 10.1. The average molecular weight is 465 g/mol. The highest BCUT2D eigenvalue weighted by Gasteiger charge is 2.27. The second kappa shape index (κ2) is 11.0. The summed E-state index contributed by atoms with van der Waals surface area (Å²) in [7, 11) is 1.62. The second-order valence-corrected chi connectivity index (χ2v) is 9.40. The van der Waals surface area contributed by atoms with Crippen LogP contribution < -0.4 is 4.74 Å². The van der Waals surface area contributed by atoms with Crippen molar-refractivity contribution >= 4 is 11.8 Å². The summed E-state index contributed by atoms with van der Waals surface area (Å²) in [5.74, 6) is 0.946. The Hall–Kier alpha value is -2.90. The Morgan fingerprint density at radius 1 is 0.824 bits per heavy atom. The highest BCUT2D eigenvalue weighted by molar-refractivity contribution is 5.94. The largest absolute Gasteiger partial charge is 0.496 e. The van der Waals surface area contributed by atoms with Crippen molar-refractivity contribution in [3.05, 3.63) is 64.7 Å². The van der Waals surface area contributed by atoms with Gasteiger partial charge in [-0.25, -0.2) is 0 Å². The minimum atomic E-state index is 0.0222. The molecule has 2 fully saturated rings. The first-order valence-corrected chi connectivity index (χ1v) is 12.1. The monoisotopic (exact) mass is 464 g/mol. The van der Waals surface area contributed by atoms with E-state index < -0.39 is 0 Å². The van der Waals surface area contributed by atoms with Crippen molar-refractivity contribution in [1.29, 1.82) is 0 Å². The molecule has 2 heterocycles. The molecule has 0 saturated carbocycles. The molecule has 0 N–H and O–H groups in total. The predicted octanol–water partition coefficient (Wildman–Crippen LogP) is 2.41. The Balaban J connectivity index is 1.21. The number of carbonyl (C=O) groups is 2. The highest BCUT2D eigenvalue weighted by atomic mass is 16.5. The van der Waals surface area contributed by atoms with Crippen LogP contribution in [0.3, 0.4) is 0 Å². The zero-order chi connectivity index (χ0) is 24.1. The maximum Gasteiger partial charge on any atom is 0.254 e. The maximum absolute atomic E-state index is 12.9. The van der Waals surface area contributed by atoms with Crippen LogP contribution in [0.2, 0.25) is 0 Å².